The summed E-state index contributed by atoms with van der Waals surface area (Å²) in [6.45, 7) is 3.46. The highest BCUT2D eigenvalue weighted by Crippen LogP contribution is 2.40. The summed E-state index contributed by atoms with van der Waals surface area (Å²) >= 11 is 1.50. The largest absolute Gasteiger partial charge is 0.296 e. The number of carbonyl (C=O) groups is 2. The molecule has 19 heavy (non-hydrogen) atoms. The topological polar surface area (TPSA) is 61.2 Å². The molecule has 0 N–H and O–H groups in total. The summed E-state index contributed by atoms with van der Waals surface area (Å²) in [5.41, 5.74) is 1.24. The summed E-state index contributed by atoms with van der Waals surface area (Å²) in [5, 5.41) is 8.73. The fraction of sp³-hybridized carbons (Fsp3) is 0.357. The van der Waals surface area contributed by atoms with Crippen molar-refractivity contribution >= 4 is 29.1 Å². The Balaban J connectivity index is 2.50. The highest BCUT2D eigenvalue weighted by atomic mass is 32.2. The van der Waals surface area contributed by atoms with Crippen molar-refractivity contribution in [3.05, 3.63) is 23.8 Å². The zero-order valence-corrected chi connectivity index (χ0v) is 11.7. The van der Waals surface area contributed by atoms with E-state index in [1.165, 1.54) is 23.6 Å². The number of anilines is 1. The number of thioether (sulfide) groups is 1. The molecule has 0 radical (unpaired) electrons. The van der Waals surface area contributed by atoms with Crippen molar-refractivity contribution in [3.63, 3.8) is 0 Å². The molecule has 0 spiro atoms. The van der Waals surface area contributed by atoms with Crippen molar-refractivity contribution in [1.82, 2.24) is 0 Å². The van der Waals surface area contributed by atoms with Gasteiger partial charge in [-0.15, -0.1) is 11.8 Å². The van der Waals surface area contributed by atoms with Crippen LogP contribution in [0.15, 0.2) is 23.1 Å². The number of Topliss-reactive ketones (excluding diaryl/α,β-unsaturated/α-hetero) is 1. The Kier molecular flexibility index (Phi) is 3.91. The molecule has 1 amide bonds. The van der Waals surface area contributed by atoms with Crippen LogP contribution >= 0.6 is 11.8 Å². The molecule has 1 aromatic carbocycles. The van der Waals surface area contributed by atoms with E-state index in [2.05, 4.69) is 0 Å². The van der Waals surface area contributed by atoms with Gasteiger partial charge < -0.3 is 0 Å². The van der Waals surface area contributed by atoms with Crippen molar-refractivity contribution < 1.29 is 9.59 Å². The minimum Gasteiger partial charge on any atom is -0.296 e. The van der Waals surface area contributed by atoms with Crippen LogP contribution in [0.5, 0.6) is 0 Å². The summed E-state index contributed by atoms with van der Waals surface area (Å²) < 4.78 is 0. The SMILES string of the molecule is CCC1Sc2ccc(C(C)=O)cc2N(CC#N)C1=O. The first kappa shape index (κ1) is 13.6. The lowest BCUT2D eigenvalue weighted by atomic mass is 10.1. The molecule has 0 bridgehead atoms. The number of rotatable bonds is 3. The molecule has 1 aliphatic heterocycles. The summed E-state index contributed by atoms with van der Waals surface area (Å²) in [6.07, 6.45) is 0.722. The number of fused-ring (bicyclic) bond motifs is 1. The van der Waals surface area contributed by atoms with Gasteiger partial charge in [0.05, 0.1) is 17.0 Å². The van der Waals surface area contributed by atoms with Crippen LogP contribution in [0.25, 0.3) is 0 Å². The van der Waals surface area contributed by atoms with Crippen LogP contribution in [0.1, 0.15) is 30.6 Å². The highest BCUT2D eigenvalue weighted by Gasteiger charge is 2.32. The van der Waals surface area contributed by atoms with Crippen LogP contribution in [0.4, 0.5) is 5.69 Å². The Hall–Kier alpha value is -1.80. The van der Waals surface area contributed by atoms with E-state index in [4.69, 9.17) is 5.26 Å². The summed E-state index contributed by atoms with van der Waals surface area (Å²) in [4.78, 5) is 26.1. The normalized spacial score (nSPS) is 17.8. The van der Waals surface area contributed by atoms with E-state index in [9.17, 15) is 9.59 Å². The molecule has 0 fully saturated rings. The van der Waals surface area contributed by atoms with Gasteiger partial charge in [0.1, 0.15) is 6.54 Å². The minimum atomic E-state index is -0.149. The number of amides is 1. The molecule has 98 valence electrons. The first-order valence-corrected chi connectivity index (χ1v) is 6.96. The van der Waals surface area contributed by atoms with Gasteiger partial charge in [0.2, 0.25) is 5.91 Å². The van der Waals surface area contributed by atoms with Crippen LogP contribution in [0.3, 0.4) is 0 Å². The first-order valence-electron chi connectivity index (χ1n) is 6.08. The lowest BCUT2D eigenvalue weighted by molar-refractivity contribution is -0.118. The van der Waals surface area contributed by atoms with Gasteiger partial charge in [-0.2, -0.15) is 5.26 Å². The van der Waals surface area contributed by atoms with Crippen molar-refractivity contribution in [2.75, 3.05) is 11.4 Å². The average Bonchev–Trinajstić information content (AvgIpc) is 2.41. The molecule has 0 saturated heterocycles. The Morgan fingerprint density at radius 1 is 1.53 bits per heavy atom. The van der Waals surface area contributed by atoms with E-state index in [0.29, 0.717) is 11.3 Å². The quantitative estimate of drug-likeness (QED) is 0.628. The number of hydrogen-bond donors (Lipinski definition) is 0. The third kappa shape index (κ3) is 2.49. The van der Waals surface area contributed by atoms with E-state index in [-0.39, 0.29) is 23.5 Å². The highest BCUT2D eigenvalue weighted by molar-refractivity contribution is 8.01. The predicted molar refractivity (Wildman–Crippen MR) is 74.3 cm³/mol. The molecule has 0 saturated carbocycles. The van der Waals surface area contributed by atoms with Crippen molar-refractivity contribution in [2.24, 2.45) is 0 Å². The maximum absolute atomic E-state index is 12.3. The van der Waals surface area contributed by atoms with E-state index in [0.717, 1.165) is 11.3 Å². The van der Waals surface area contributed by atoms with Gasteiger partial charge >= 0.3 is 0 Å². The van der Waals surface area contributed by atoms with Gasteiger partial charge in [-0.25, -0.2) is 0 Å². The fourth-order valence-electron chi connectivity index (χ4n) is 2.03. The zero-order chi connectivity index (χ0) is 14.0. The van der Waals surface area contributed by atoms with Crippen LogP contribution < -0.4 is 4.90 Å². The Morgan fingerprint density at radius 3 is 2.84 bits per heavy atom. The molecule has 5 heteroatoms. The number of hydrogen-bond acceptors (Lipinski definition) is 4. The maximum atomic E-state index is 12.3. The van der Waals surface area contributed by atoms with Gasteiger partial charge in [0.15, 0.2) is 5.78 Å². The molecule has 1 aromatic rings. The van der Waals surface area contributed by atoms with Crippen LogP contribution in [0, 0.1) is 11.3 Å². The smallest absolute Gasteiger partial charge is 0.241 e. The zero-order valence-electron chi connectivity index (χ0n) is 10.8. The third-order valence-corrected chi connectivity index (χ3v) is 4.49. The van der Waals surface area contributed by atoms with Gasteiger partial charge in [-0.05, 0) is 25.5 Å². The van der Waals surface area contributed by atoms with Crippen molar-refractivity contribution in [1.29, 1.82) is 5.26 Å². The Morgan fingerprint density at radius 2 is 2.26 bits per heavy atom. The second-order valence-electron chi connectivity index (χ2n) is 4.34. The second-order valence-corrected chi connectivity index (χ2v) is 5.58. The summed E-state index contributed by atoms with van der Waals surface area (Å²) in [6, 6.07) is 7.34. The lowest BCUT2D eigenvalue weighted by Gasteiger charge is -2.32. The Bertz CT molecular complexity index is 577. The number of nitriles is 1. The molecular formula is C14H14N2O2S. The monoisotopic (exact) mass is 274 g/mol. The molecule has 1 aliphatic rings. The van der Waals surface area contributed by atoms with E-state index >= 15 is 0 Å². The first-order chi connectivity index (χ1) is 9.08. The number of nitrogens with zero attached hydrogens (tertiary/aromatic N) is 2. The lowest BCUT2D eigenvalue weighted by Crippen LogP contribution is -2.41. The molecule has 0 aliphatic carbocycles. The minimum absolute atomic E-state index is 0.0181. The number of ketones is 1. The molecule has 1 unspecified atom stereocenters. The molecule has 2 rings (SSSR count). The second kappa shape index (κ2) is 5.45. The summed E-state index contributed by atoms with van der Waals surface area (Å²) in [7, 11) is 0. The summed E-state index contributed by atoms with van der Waals surface area (Å²) in [5.74, 6) is -0.1000. The van der Waals surface area contributed by atoms with E-state index in [1.807, 2.05) is 19.1 Å². The van der Waals surface area contributed by atoms with Crippen molar-refractivity contribution in [3.8, 4) is 6.07 Å². The molecular weight excluding hydrogens is 260 g/mol. The van der Waals surface area contributed by atoms with Gasteiger partial charge in [-0.3, -0.25) is 14.5 Å². The predicted octanol–water partition coefficient (Wildman–Crippen LogP) is 2.63. The molecule has 1 atom stereocenters. The van der Waals surface area contributed by atoms with Crippen molar-refractivity contribution in [2.45, 2.75) is 30.4 Å². The molecule has 1 heterocycles. The molecule has 0 aromatic heterocycles. The fourth-order valence-corrected chi connectivity index (χ4v) is 3.17. The van der Waals surface area contributed by atoms with Crippen LogP contribution in [-0.2, 0) is 4.79 Å². The standard InChI is InChI=1S/C14H14N2O2S/c1-3-12-14(18)16(7-6-15)11-8-10(9(2)17)4-5-13(11)19-12/h4-5,8,12H,3,7H2,1-2H3. The van der Waals surface area contributed by atoms with Gasteiger partial charge in [0, 0.05) is 10.5 Å². The number of carbonyl (C=O) groups excluding carboxylic acids is 2. The third-order valence-electron chi connectivity index (χ3n) is 3.07. The van der Waals surface area contributed by atoms with Gasteiger partial charge in [-0.1, -0.05) is 13.0 Å². The maximum Gasteiger partial charge on any atom is 0.241 e. The van der Waals surface area contributed by atoms with Gasteiger partial charge in [0.25, 0.3) is 0 Å². The molecule has 4 nitrogen and oxygen atoms in total. The van der Waals surface area contributed by atoms with Crippen LogP contribution in [-0.4, -0.2) is 23.5 Å². The van der Waals surface area contributed by atoms with E-state index < -0.39 is 0 Å². The van der Waals surface area contributed by atoms with Crippen LogP contribution in [0.2, 0.25) is 0 Å². The number of benzene rings is 1. The average molecular weight is 274 g/mol. The Labute approximate surface area is 116 Å². The van der Waals surface area contributed by atoms with E-state index in [1.54, 1.807) is 12.1 Å².